The number of ether oxygens (including phenoxy) is 2. The van der Waals surface area contributed by atoms with Crippen molar-refractivity contribution in [2.24, 2.45) is 68.8 Å². The minimum Gasteiger partial charge on any atom is -0.462 e. The van der Waals surface area contributed by atoms with E-state index >= 15 is 0 Å². The van der Waals surface area contributed by atoms with Crippen molar-refractivity contribution < 1.29 is 33.0 Å². The van der Waals surface area contributed by atoms with Crippen LogP contribution in [0.25, 0.3) is 0 Å². The fourth-order valence-corrected chi connectivity index (χ4v) is 16.7. The van der Waals surface area contributed by atoms with E-state index < -0.39 is 11.6 Å². The minimum atomic E-state index is -0.675. The van der Waals surface area contributed by atoms with Crippen LogP contribution in [0.4, 0.5) is 0 Å². The number of rotatable bonds is 6. The first-order valence-electron chi connectivity index (χ1n) is 25.6. The molecule has 0 unspecified atom stereocenters. The Kier molecular flexibility index (Phi) is 12.4. The van der Waals surface area contributed by atoms with E-state index in [2.05, 4.69) is 33.8 Å². The molecule has 7 fully saturated rings. The highest BCUT2D eigenvalue weighted by atomic mass is 16.5. The van der Waals surface area contributed by atoms with Gasteiger partial charge in [0.05, 0.1) is 24.0 Å². The number of fused-ring (bicyclic) bond motifs is 10. The molecule has 0 saturated heterocycles. The van der Waals surface area contributed by atoms with Crippen LogP contribution in [0.5, 0.6) is 0 Å². The molecule has 0 bridgehead atoms. The van der Waals surface area contributed by atoms with Crippen LogP contribution in [0.1, 0.15) is 181 Å². The molecule has 0 amide bonds. The van der Waals surface area contributed by atoms with E-state index in [1.54, 1.807) is 31.1 Å². The second-order valence-corrected chi connectivity index (χ2v) is 23.7. The quantitative estimate of drug-likeness (QED) is 0.211. The molecule has 0 aliphatic heterocycles. The number of esters is 2. The van der Waals surface area contributed by atoms with Gasteiger partial charge >= 0.3 is 23.2 Å². The Bertz CT molecular complexity index is 2220. The van der Waals surface area contributed by atoms with Crippen molar-refractivity contribution in [2.45, 2.75) is 193 Å². The summed E-state index contributed by atoms with van der Waals surface area (Å²) in [6.07, 6.45) is 24.0. The highest BCUT2D eigenvalue weighted by molar-refractivity contribution is 5.75. The number of allylic oxidation sites excluding steroid dienone is 2. The van der Waals surface area contributed by atoms with E-state index in [0.29, 0.717) is 46.8 Å². The van der Waals surface area contributed by atoms with Crippen molar-refractivity contribution in [1.29, 1.82) is 0 Å². The fraction of sp³-hybridized carbons (Fsp3) is 0.745. The van der Waals surface area contributed by atoms with E-state index in [4.69, 9.17) is 24.0 Å². The standard InChI is InChI=1S/C28H40O5.C27H37NO4/c1-17(2)25(30)33-20-9-12-26(3)19(15-20)6-7-23-22(26)10-13-27(4)21(11-14-28(23,27)31)18-5-8-24(29)32-16-18;1-16(28)25(30)32-19-10-12-26(2)18(14-19)5-6-20-22-8-7-21(17-4-9-24(29)31-15-17)27(22,3)13-11-23(20)26/h5,8,16-17,19-23,31H,6-7,9-15H2,1-4H3;4,8-9,15-16,18-21,23H,5-7,10-14,28H2,1-3H3/t19-,20+,21-,22+,23-,26+,27-,28+;16-,18-,19+,20+,21-,23+,26+,27-/m11/s1. The zero-order valence-corrected chi connectivity index (χ0v) is 40.3. The summed E-state index contributed by atoms with van der Waals surface area (Å²) in [5, 5.41) is 12.3. The summed E-state index contributed by atoms with van der Waals surface area (Å²) in [7, 11) is 0. The summed E-state index contributed by atoms with van der Waals surface area (Å²) in [5.74, 6) is 3.58. The first kappa shape index (κ1) is 46.6. The maximum atomic E-state index is 12.3. The molecule has 8 aliphatic rings. The number of aliphatic hydroxyl groups is 1. The average Bonchev–Trinajstić information content (AvgIpc) is 3.77. The predicted molar refractivity (Wildman–Crippen MR) is 249 cm³/mol. The lowest BCUT2D eigenvalue weighted by molar-refractivity contribution is -0.207. The van der Waals surface area contributed by atoms with Crippen LogP contribution < -0.4 is 17.0 Å². The third kappa shape index (κ3) is 7.84. The van der Waals surface area contributed by atoms with Crippen LogP contribution in [0.3, 0.4) is 0 Å². The Morgan fingerprint density at radius 3 is 1.82 bits per heavy atom. The van der Waals surface area contributed by atoms with Gasteiger partial charge in [-0.05, 0) is 203 Å². The molecule has 0 aromatic carbocycles. The average molecular weight is 896 g/mol. The molecule has 0 spiro atoms. The Balaban J connectivity index is 0.000000164. The van der Waals surface area contributed by atoms with Gasteiger partial charge in [-0.3, -0.25) is 9.59 Å². The van der Waals surface area contributed by atoms with Crippen LogP contribution in [-0.2, 0) is 19.1 Å². The van der Waals surface area contributed by atoms with Crippen molar-refractivity contribution in [2.75, 3.05) is 0 Å². The van der Waals surface area contributed by atoms with Crippen molar-refractivity contribution >= 4 is 11.9 Å². The molecule has 2 aromatic heterocycles. The molecule has 65 heavy (non-hydrogen) atoms. The highest BCUT2D eigenvalue weighted by Gasteiger charge is 2.67. The molecular weight excluding hydrogens is 819 g/mol. The van der Waals surface area contributed by atoms with Crippen LogP contribution >= 0.6 is 0 Å². The van der Waals surface area contributed by atoms with Gasteiger partial charge in [0.2, 0.25) is 0 Å². The Hall–Kier alpha value is -3.50. The van der Waals surface area contributed by atoms with Crippen LogP contribution in [0.15, 0.2) is 66.9 Å². The van der Waals surface area contributed by atoms with Crippen molar-refractivity contribution in [3.8, 4) is 0 Å². The number of carbonyl (C=O) groups excluding carboxylic acids is 2. The summed E-state index contributed by atoms with van der Waals surface area (Å²) < 4.78 is 22.0. The SMILES string of the molecule is CC(C)C(=O)O[C@H]1CC[C@@]2(C)[C@H](CC[C@@H]3[C@@H]2CC[C@]2(C)[C@@H](c4ccc(=O)oc4)CC[C@]32O)C1.C[C@@H](N)C(=O)O[C@H]1CC[C@@]2(C)[C@H](CC[C@H]3C4=CC[C@H](c5ccc(=O)oc5)[C@@]4(C)CC[C@@H]32)C1. The smallest absolute Gasteiger partial charge is 0.335 e. The number of hydrogen-bond acceptors (Lipinski definition) is 10. The second kappa shape index (κ2) is 17.2. The number of carbonyl (C=O) groups is 2. The van der Waals surface area contributed by atoms with Gasteiger partial charge in [0.1, 0.15) is 18.2 Å². The topological polar surface area (TPSA) is 159 Å². The number of hydrogen-bond donors (Lipinski definition) is 2. The molecule has 10 nitrogen and oxygen atoms in total. The van der Waals surface area contributed by atoms with Gasteiger partial charge in [-0.1, -0.05) is 53.2 Å². The highest BCUT2D eigenvalue weighted by Crippen LogP contribution is 2.71. The van der Waals surface area contributed by atoms with Gasteiger partial charge in [-0.25, -0.2) is 9.59 Å². The molecule has 10 heteroatoms. The summed E-state index contributed by atoms with van der Waals surface area (Å²) in [6, 6.07) is 6.39. The molecule has 8 aliphatic carbocycles. The Morgan fingerprint density at radius 1 is 0.662 bits per heavy atom. The molecule has 2 aromatic rings. The minimum absolute atomic E-state index is 0.0276. The maximum absolute atomic E-state index is 12.3. The van der Waals surface area contributed by atoms with Gasteiger partial charge in [0.15, 0.2) is 0 Å². The zero-order chi connectivity index (χ0) is 46.3. The number of nitrogens with two attached hydrogens (primary N) is 1. The van der Waals surface area contributed by atoms with Gasteiger partial charge in [0, 0.05) is 17.5 Å². The first-order chi connectivity index (χ1) is 30.8. The van der Waals surface area contributed by atoms with Crippen LogP contribution in [-0.4, -0.2) is 40.9 Å². The molecular formula is C55H77NO9. The first-order valence-corrected chi connectivity index (χ1v) is 25.6. The molecule has 2 heterocycles. The van der Waals surface area contributed by atoms with Gasteiger partial charge in [-0.2, -0.15) is 0 Å². The lowest BCUT2D eigenvalue weighted by Gasteiger charge is -2.63. The molecule has 0 radical (unpaired) electrons. The van der Waals surface area contributed by atoms with Gasteiger partial charge in [0.25, 0.3) is 0 Å². The van der Waals surface area contributed by atoms with Crippen molar-refractivity contribution in [3.63, 3.8) is 0 Å². The zero-order valence-electron chi connectivity index (χ0n) is 40.3. The maximum Gasteiger partial charge on any atom is 0.335 e. The Labute approximate surface area is 386 Å². The van der Waals surface area contributed by atoms with Crippen LogP contribution in [0, 0.1) is 63.1 Å². The normalized spacial score (nSPS) is 43.1. The molecule has 10 rings (SSSR count). The van der Waals surface area contributed by atoms with Crippen molar-refractivity contribution in [3.05, 3.63) is 80.4 Å². The van der Waals surface area contributed by atoms with E-state index in [-0.39, 0.29) is 63.5 Å². The molecule has 16 atom stereocenters. The second-order valence-electron chi connectivity index (χ2n) is 23.7. The molecule has 356 valence electrons. The summed E-state index contributed by atoms with van der Waals surface area (Å²) in [4.78, 5) is 47.1. The van der Waals surface area contributed by atoms with Gasteiger partial charge < -0.3 is 29.1 Å². The van der Waals surface area contributed by atoms with E-state index in [1.807, 2.05) is 26.0 Å². The van der Waals surface area contributed by atoms with E-state index in [9.17, 15) is 24.3 Å². The lowest BCUT2D eigenvalue weighted by atomic mass is 9.43. The predicted octanol–water partition coefficient (Wildman–Crippen LogP) is 10.4. The lowest BCUT2D eigenvalue weighted by Crippen LogP contribution is -2.62. The van der Waals surface area contributed by atoms with Crippen LogP contribution in [0.2, 0.25) is 0 Å². The fourth-order valence-electron chi connectivity index (χ4n) is 16.7. The van der Waals surface area contributed by atoms with E-state index in [0.717, 1.165) is 94.6 Å². The third-order valence-corrected chi connectivity index (χ3v) is 20.5. The summed E-state index contributed by atoms with van der Waals surface area (Å²) in [6.45, 7) is 15.2. The largest absolute Gasteiger partial charge is 0.462 e. The summed E-state index contributed by atoms with van der Waals surface area (Å²) in [5.41, 5.74) is 8.82. The summed E-state index contributed by atoms with van der Waals surface area (Å²) >= 11 is 0. The molecule has 7 saturated carbocycles. The molecule has 3 N–H and O–H groups in total. The van der Waals surface area contributed by atoms with E-state index in [1.165, 1.54) is 31.7 Å². The Morgan fingerprint density at radius 2 is 1.23 bits per heavy atom. The van der Waals surface area contributed by atoms with Crippen molar-refractivity contribution in [1.82, 2.24) is 0 Å². The van der Waals surface area contributed by atoms with Gasteiger partial charge in [-0.15, -0.1) is 0 Å². The monoisotopic (exact) mass is 896 g/mol. The third-order valence-electron chi connectivity index (χ3n) is 20.5.